The Hall–Kier alpha value is -2.83. The zero-order valence-corrected chi connectivity index (χ0v) is 11.6. The van der Waals surface area contributed by atoms with Gasteiger partial charge in [-0.15, -0.1) is 0 Å². The van der Waals surface area contributed by atoms with Gasteiger partial charge < -0.3 is 19.3 Å². The standard InChI is InChI=1S/C14H14N2O5/c1-9-7-13(16-21-9)20-8-12(17)15-11-5-3-10(4-6-11)14(18)19-2/h3-7H,8H2,1-2H3,(H,15,17). The lowest BCUT2D eigenvalue weighted by Crippen LogP contribution is -2.20. The molecule has 0 aliphatic heterocycles. The fourth-order valence-electron chi connectivity index (χ4n) is 1.56. The van der Waals surface area contributed by atoms with Gasteiger partial charge >= 0.3 is 5.97 Å². The number of benzene rings is 1. The summed E-state index contributed by atoms with van der Waals surface area (Å²) in [7, 11) is 1.31. The molecule has 21 heavy (non-hydrogen) atoms. The molecule has 0 fully saturated rings. The molecular weight excluding hydrogens is 276 g/mol. The second-order valence-electron chi connectivity index (χ2n) is 4.18. The summed E-state index contributed by atoms with van der Waals surface area (Å²) < 4.78 is 14.5. The number of carbonyl (C=O) groups excluding carboxylic acids is 2. The summed E-state index contributed by atoms with van der Waals surface area (Å²) in [6, 6.07) is 7.90. The third kappa shape index (κ3) is 4.07. The van der Waals surface area contributed by atoms with Crippen LogP contribution in [0.15, 0.2) is 34.9 Å². The van der Waals surface area contributed by atoms with Gasteiger partial charge in [-0.2, -0.15) is 0 Å². The van der Waals surface area contributed by atoms with Crippen molar-refractivity contribution in [2.24, 2.45) is 0 Å². The van der Waals surface area contributed by atoms with Crippen molar-refractivity contribution >= 4 is 17.6 Å². The quantitative estimate of drug-likeness (QED) is 0.844. The molecule has 0 spiro atoms. The highest BCUT2D eigenvalue weighted by Crippen LogP contribution is 2.12. The fourth-order valence-corrected chi connectivity index (χ4v) is 1.56. The first kappa shape index (κ1) is 14.6. The number of carbonyl (C=O) groups is 2. The van der Waals surface area contributed by atoms with Crippen LogP contribution in [0.4, 0.5) is 5.69 Å². The number of nitrogens with one attached hydrogen (secondary N) is 1. The van der Waals surface area contributed by atoms with Crippen LogP contribution >= 0.6 is 0 Å². The summed E-state index contributed by atoms with van der Waals surface area (Å²) in [4.78, 5) is 22.9. The molecule has 1 heterocycles. The minimum absolute atomic E-state index is 0.190. The third-order valence-corrected chi connectivity index (χ3v) is 2.55. The van der Waals surface area contributed by atoms with E-state index in [1.54, 1.807) is 37.3 Å². The molecule has 1 aromatic heterocycles. The molecule has 0 radical (unpaired) electrons. The van der Waals surface area contributed by atoms with E-state index in [1.165, 1.54) is 7.11 Å². The Balaban J connectivity index is 1.86. The van der Waals surface area contributed by atoms with Gasteiger partial charge in [0.2, 0.25) is 0 Å². The predicted molar refractivity (Wildman–Crippen MR) is 73.1 cm³/mol. The van der Waals surface area contributed by atoms with Crippen molar-refractivity contribution in [1.29, 1.82) is 0 Å². The van der Waals surface area contributed by atoms with Crippen LogP contribution in [0.25, 0.3) is 0 Å². The van der Waals surface area contributed by atoms with Crippen molar-refractivity contribution in [2.45, 2.75) is 6.92 Å². The molecule has 0 atom stereocenters. The van der Waals surface area contributed by atoms with Gasteiger partial charge in [0.1, 0.15) is 5.76 Å². The van der Waals surface area contributed by atoms with Crippen LogP contribution in [0.5, 0.6) is 5.88 Å². The molecule has 1 amide bonds. The molecule has 110 valence electrons. The maximum absolute atomic E-state index is 11.7. The topological polar surface area (TPSA) is 90.7 Å². The maximum atomic E-state index is 11.7. The molecule has 7 nitrogen and oxygen atoms in total. The largest absolute Gasteiger partial charge is 0.465 e. The highest BCUT2D eigenvalue weighted by molar-refractivity contribution is 5.93. The molecular formula is C14H14N2O5. The van der Waals surface area contributed by atoms with Crippen LogP contribution in [0.3, 0.4) is 0 Å². The average molecular weight is 290 g/mol. The molecule has 0 aliphatic carbocycles. The summed E-state index contributed by atoms with van der Waals surface area (Å²) >= 11 is 0. The first-order valence-electron chi connectivity index (χ1n) is 6.13. The lowest BCUT2D eigenvalue weighted by atomic mass is 10.2. The van der Waals surface area contributed by atoms with E-state index in [0.717, 1.165) is 0 Å². The number of amides is 1. The Labute approximate surface area is 120 Å². The predicted octanol–water partition coefficient (Wildman–Crippen LogP) is 1.79. The molecule has 2 rings (SSSR count). The van der Waals surface area contributed by atoms with Crippen LogP contribution in [-0.4, -0.2) is 30.7 Å². The monoisotopic (exact) mass is 290 g/mol. The van der Waals surface area contributed by atoms with Crippen molar-refractivity contribution in [1.82, 2.24) is 5.16 Å². The second-order valence-corrected chi connectivity index (χ2v) is 4.18. The van der Waals surface area contributed by atoms with Gasteiger partial charge in [-0.3, -0.25) is 4.79 Å². The minimum atomic E-state index is -0.433. The van der Waals surface area contributed by atoms with E-state index in [4.69, 9.17) is 9.26 Å². The molecule has 0 unspecified atom stereocenters. The van der Waals surface area contributed by atoms with Gasteiger partial charge in [0.25, 0.3) is 11.8 Å². The molecule has 0 bridgehead atoms. The molecule has 1 N–H and O–H groups in total. The highest BCUT2D eigenvalue weighted by Gasteiger charge is 2.08. The molecule has 0 saturated heterocycles. The van der Waals surface area contributed by atoms with E-state index in [-0.39, 0.29) is 18.4 Å². The Morgan fingerprint density at radius 2 is 2.00 bits per heavy atom. The SMILES string of the molecule is COC(=O)c1ccc(NC(=O)COc2cc(C)on2)cc1. The van der Waals surface area contributed by atoms with Gasteiger partial charge in [0.15, 0.2) is 6.61 Å². The van der Waals surface area contributed by atoms with Crippen LogP contribution in [0.2, 0.25) is 0 Å². The van der Waals surface area contributed by atoms with E-state index in [0.29, 0.717) is 17.0 Å². The average Bonchev–Trinajstić information content (AvgIpc) is 2.91. The van der Waals surface area contributed by atoms with E-state index >= 15 is 0 Å². The number of methoxy groups -OCH3 is 1. The second kappa shape index (κ2) is 6.56. The molecule has 0 saturated carbocycles. The van der Waals surface area contributed by atoms with E-state index in [2.05, 4.69) is 15.2 Å². The zero-order chi connectivity index (χ0) is 15.2. The summed E-state index contributed by atoms with van der Waals surface area (Å²) in [5.74, 6) is 0.0755. The number of nitrogens with zero attached hydrogens (tertiary/aromatic N) is 1. The molecule has 7 heteroatoms. The van der Waals surface area contributed by atoms with Gasteiger partial charge in [0.05, 0.1) is 12.7 Å². The minimum Gasteiger partial charge on any atom is -0.465 e. The zero-order valence-electron chi connectivity index (χ0n) is 11.6. The van der Waals surface area contributed by atoms with Crippen molar-refractivity contribution < 1.29 is 23.6 Å². The first-order valence-corrected chi connectivity index (χ1v) is 6.13. The van der Waals surface area contributed by atoms with Crippen LogP contribution in [-0.2, 0) is 9.53 Å². The number of hydrogen-bond acceptors (Lipinski definition) is 6. The number of ether oxygens (including phenoxy) is 2. The van der Waals surface area contributed by atoms with Crippen LogP contribution in [0.1, 0.15) is 16.1 Å². The van der Waals surface area contributed by atoms with E-state index in [1.807, 2.05) is 0 Å². The summed E-state index contributed by atoms with van der Waals surface area (Å²) in [5, 5.41) is 6.24. The lowest BCUT2D eigenvalue weighted by molar-refractivity contribution is -0.118. The smallest absolute Gasteiger partial charge is 0.337 e. The Bertz CT molecular complexity index is 633. The van der Waals surface area contributed by atoms with Crippen LogP contribution in [0, 0.1) is 6.92 Å². The van der Waals surface area contributed by atoms with Crippen molar-refractivity contribution in [3.63, 3.8) is 0 Å². The van der Waals surface area contributed by atoms with Crippen molar-refractivity contribution in [3.05, 3.63) is 41.7 Å². The van der Waals surface area contributed by atoms with Gasteiger partial charge in [-0.25, -0.2) is 4.79 Å². The Morgan fingerprint density at radius 1 is 1.29 bits per heavy atom. The van der Waals surface area contributed by atoms with Crippen molar-refractivity contribution in [3.8, 4) is 5.88 Å². The first-order chi connectivity index (χ1) is 10.1. The highest BCUT2D eigenvalue weighted by atomic mass is 16.5. The Kier molecular flexibility index (Phi) is 4.55. The fraction of sp³-hybridized carbons (Fsp3) is 0.214. The normalized spacial score (nSPS) is 10.0. The number of hydrogen-bond donors (Lipinski definition) is 1. The van der Waals surface area contributed by atoms with Crippen molar-refractivity contribution in [2.75, 3.05) is 19.0 Å². The van der Waals surface area contributed by atoms with Crippen LogP contribution < -0.4 is 10.1 Å². The van der Waals surface area contributed by atoms with E-state index < -0.39 is 5.97 Å². The number of aromatic nitrogens is 1. The number of aryl methyl sites for hydroxylation is 1. The number of esters is 1. The van der Waals surface area contributed by atoms with Gasteiger partial charge in [-0.1, -0.05) is 0 Å². The molecule has 1 aromatic carbocycles. The number of rotatable bonds is 5. The summed E-state index contributed by atoms with van der Waals surface area (Å²) in [6.07, 6.45) is 0. The third-order valence-electron chi connectivity index (χ3n) is 2.55. The Morgan fingerprint density at radius 3 is 2.57 bits per heavy atom. The summed E-state index contributed by atoms with van der Waals surface area (Å²) in [5.41, 5.74) is 0.956. The van der Waals surface area contributed by atoms with Gasteiger partial charge in [0, 0.05) is 11.8 Å². The summed E-state index contributed by atoms with van der Waals surface area (Å²) in [6.45, 7) is 1.54. The molecule has 2 aromatic rings. The lowest BCUT2D eigenvalue weighted by Gasteiger charge is -2.06. The molecule has 0 aliphatic rings. The van der Waals surface area contributed by atoms with Gasteiger partial charge in [-0.05, 0) is 36.3 Å². The number of anilines is 1. The van der Waals surface area contributed by atoms with E-state index in [9.17, 15) is 9.59 Å². The maximum Gasteiger partial charge on any atom is 0.337 e.